The number of halogens is 1. The monoisotopic (exact) mass is 256 g/mol. The van der Waals surface area contributed by atoms with Crippen LogP contribution in [0.3, 0.4) is 0 Å². The molecule has 2 rings (SSSR count). The fourth-order valence-electron chi connectivity index (χ4n) is 0.995. The Bertz CT molecular complexity index is 430. The third kappa shape index (κ3) is 1.73. The van der Waals surface area contributed by atoms with Gasteiger partial charge in [0.25, 0.3) is 0 Å². The molecular formula is C9H5BrO2S. The van der Waals surface area contributed by atoms with Crippen LogP contribution in [0.5, 0.6) is 0 Å². The Morgan fingerprint density at radius 1 is 1.31 bits per heavy atom. The van der Waals surface area contributed by atoms with Crippen LogP contribution in [0.1, 0.15) is 10.6 Å². The average molecular weight is 257 g/mol. The molecule has 13 heavy (non-hydrogen) atoms. The molecule has 0 aliphatic rings. The zero-order chi connectivity index (χ0) is 9.26. The Morgan fingerprint density at radius 3 is 2.69 bits per heavy atom. The molecule has 0 saturated heterocycles. The second kappa shape index (κ2) is 3.47. The van der Waals surface area contributed by atoms with Crippen molar-refractivity contribution in [1.29, 1.82) is 0 Å². The van der Waals surface area contributed by atoms with E-state index < -0.39 is 0 Å². The topological polar surface area (TPSA) is 30.2 Å². The molecular weight excluding hydrogens is 252 g/mol. The first-order chi connectivity index (χ1) is 6.29. The predicted octanol–water partition coefficient (Wildman–Crippen LogP) is 3.58. The van der Waals surface area contributed by atoms with Gasteiger partial charge in [0, 0.05) is 0 Å². The van der Waals surface area contributed by atoms with Crippen molar-refractivity contribution in [3.05, 3.63) is 33.8 Å². The normalized spacial score (nSPS) is 10.2. The number of furan rings is 1. The van der Waals surface area contributed by atoms with Crippen LogP contribution in [0, 0.1) is 0 Å². The Kier molecular flexibility index (Phi) is 2.33. The van der Waals surface area contributed by atoms with Crippen LogP contribution in [-0.4, -0.2) is 6.29 Å². The van der Waals surface area contributed by atoms with Gasteiger partial charge >= 0.3 is 0 Å². The van der Waals surface area contributed by atoms with Crippen LogP contribution in [-0.2, 0) is 0 Å². The lowest BCUT2D eigenvalue weighted by atomic mass is 10.4. The summed E-state index contributed by atoms with van der Waals surface area (Å²) in [4.78, 5) is 11.4. The SMILES string of the molecule is O=Cc1ccc(-c2ccc(Br)s2)o1. The molecule has 2 heterocycles. The van der Waals surface area contributed by atoms with Crippen molar-refractivity contribution in [3.63, 3.8) is 0 Å². The second-order valence-electron chi connectivity index (χ2n) is 2.42. The summed E-state index contributed by atoms with van der Waals surface area (Å²) in [5, 5.41) is 0. The summed E-state index contributed by atoms with van der Waals surface area (Å²) in [7, 11) is 0. The molecule has 0 amide bonds. The number of carbonyl (C=O) groups is 1. The van der Waals surface area contributed by atoms with Crippen LogP contribution in [0.2, 0.25) is 0 Å². The molecule has 2 aromatic heterocycles. The van der Waals surface area contributed by atoms with Crippen LogP contribution in [0.4, 0.5) is 0 Å². The van der Waals surface area contributed by atoms with Crippen LogP contribution >= 0.6 is 27.3 Å². The third-order valence-corrected chi connectivity index (χ3v) is 3.20. The maximum atomic E-state index is 10.4. The van der Waals surface area contributed by atoms with Gasteiger partial charge in [-0.05, 0) is 40.2 Å². The molecule has 0 atom stereocenters. The maximum absolute atomic E-state index is 10.4. The Hall–Kier alpha value is -0.870. The van der Waals surface area contributed by atoms with Crippen LogP contribution in [0.15, 0.2) is 32.5 Å². The largest absolute Gasteiger partial charge is 0.452 e. The van der Waals surface area contributed by atoms with E-state index in [4.69, 9.17) is 4.42 Å². The van der Waals surface area contributed by atoms with Crippen molar-refractivity contribution < 1.29 is 9.21 Å². The minimum absolute atomic E-state index is 0.361. The van der Waals surface area contributed by atoms with Gasteiger partial charge in [0.05, 0.1) is 8.66 Å². The van der Waals surface area contributed by atoms with Crippen molar-refractivity contribution in [1.82, 2.24) is 0 Å². The number of hydrogen-bond donors (Lipinski definition) is 0. The summed E-state index contributed by atoms with van der Waals surface area (Å²) < 4.78 is 6.30. The standard InChI is InChI=1S/C9H5BrO2S/c10-9-4-3-8(13-9)7-2-1-6(5-11)12-7/h1-5H. The van der Waals surface area contributed by atoms with E-state index in [0.29, 0.717) is 12.0 Å². The summed E-state index contributed by atoms with van der Waals surface area (Å²) in [5.41, 5.74) is 0. The predicted molar refractivity (Wildman–Crippen MR) is 55.1 cm³/mol. The third-order valence-electron chi connectivity index (χ3n) is 1.56. The minimum Gasteiger partial charge on any atom is -0.452 e. The first kappa shape index (κ1) is 8.72. The summed E-state index contributed by atoms with van der Waals surface area (Å²) in [6.07, 6.45) is 0.701. The first-order valence-corrected chi connectivity index (χ1v) is 5.21. The molecule has 0 bridgehead atoms. The highest BCUT2D eigenvalue weighted by atomic mass is 79.9. The summed E-state index contributed by atoms with van der Waals surface area (Å²) in [6, 6.07) is 7.35. The van der Waals surface area contributed by atoms with Gasteiger partial charge in [0.2, 0.25) is 0 Å². The maximum Gasteiger partial charge on any atom is 0.185 e. The van der Waals surface area contributed by atoms with Gasteiger partial charge in [0.15, 0.2) is 12.0 Å². The summed E-state index contributed by atoms with van der Waals surface area (Å²) in [6.45, 7) is 0. The molecule has 0 saturated carbocycles. The lowest BCUT2D eigenvalue weighted by molar-refractivity contribution is 0.110. The number of thiophene rings is 1. The average Bonchev–Trinajstić information content (AvgIpc) is 2.71. The molecule has 0 fully saturated rings. The van der Waals surface area contributed by atoms with Crippen LogP contribution < -0.4 is 0 Å². The van der Waals surface area contributed by atoms with E-state index in [1.807, 2.05) is 12.1 Å². The highest BCUT2D eigenvalue weighted by Crippen LogP contribution is 2.31. The smallest absolute Gasteiger partial charge is 0.185 e. The van der Waals surface area contributed by atoms with Gasteiger partial charge in [-0.15, -0.1) is 11.3 Å². The van der Waals surface area contributed by atoms with Gasteiger partial charge in [0.1, 0.15) is 5.76 Å². The zero-order valence-electron chi connectivity index (χ0n) is 6.49. The van der Waals surface area contributed by atoms with Crippen molar-refractivity contribution in [2.24, 2.45) is 0 Å². The molecule has 66 valence electrons. The molecule has 0 aromatic carbocycles. The number of hydrogen-bond acceptors (Lipinski definition) is 3. The van der Waals surface area contributed by atoms with Crippen molar-refractivity contribution >= 4 is 33.6 Å². The van der Waals surface area contributed by atoms with E-state index in [-0.39, 0.29) is 0 Å². The van der Waals surface area contributed by atoms with Gasteiger partial charge in [-0.25, -0.2) is 0 Å². The lowest BCUT2D eigenvalue weighted by Gasteiger charge is -1.87. The van der Waals surface area contributed by atoms with E-state index in [2.05, 4.69) is 15.9 Å². The Morgan fingerprint density at radius 2 is 2.15 bits per heavy atom. The second-order valence-corrected chi connectivity index (χ2v) is 4.89. The van der Waals surface area contributed by atoms with Gasteiger partial charge in [-0.3, -0.25) is 4.79 Å². The van der Waals surface area contributed by atoms with E-state index in [1.54, 1.807) is 23.5 Å². The number of rotatable bonds is 2. The van der Waals surface area contributed by atoms with Crippen LogP contribution in [0.25, 0.3) is 10.6 Å². The fraction of sp³-hybridized carbons (Fsp3) is 0. The van der Waals surface area contributed by atoms with Gasteiger partial charge < -0.3 is 4.42 Å². The molecule has 0 spiro atoms. The van der Waals surface area contributed by atoms with Gasteiger partial charge in [-0.1, -0.05) is 0 Å². The van der Waals surface area contributed by atoms with Gasteiger partial charge in [-0.2, -0.15) is 0 Å². The highest BCUT2D eigenvalue weighted by molar-refractivity contribution is 9.11. The first-order valence-electron chi connectivity index (χ1n) is 3.60. The zero-order valence-corrected chi connectivity index (χ0v) is 8.89. The molecule has 0 N–H and O–H groups in total. The molecule has 2 nitrogen and oxygen atoms in total. The quantitative estimate of drug-likeness (QED) is 0.769. The minimum atomic E-state index is 0.361. The molecule has 4 heteroatoms. The lowest BCUT2D eigenvalue weighted by Crippen LogP contribution is -1.67. The van der Waals surface area contributed by atoms with E-state index in [0.717, 1.165) is 14.4 Å². The molecule has 0 radical (unpaired) electrons. The van der Waals surface area contributed by atoms with E-state index in [9.17, 15) is 4.79 Å². The number of aldehydes is 1. The summed E-state index contributed by atoms with van der Waals surface area (Å²) >= 11 is 4.93. The van der Waals surface area contributed by atoms with E-state index >= 15 is 0 Å². The fourth-order valence-corrected chi connectivity index (χ4v) is 2.34. The number of carbonyl (C=O) groups excluding carboxylic acids is 1. The molecule has 2 aromatic rings. The highest BCUT2D eigenvalue weighted by Gasteiger charge is 2.05. The summed E-state index contributed by atoms with van der Waals surface area (Å²) in [5.74, 6) is 1.09. The van der Waals surface area contributed by atoms with Crippen molar-refractivity contribution in [2.75, 3.05) is 0 Å². The molecule has 0 unspecified atom stereocenters. The molecule has 0 aliphatic heterocycles. The Balaban J connectivity index is 2.40. The molecule has 0 aliphatic carbocycles. The van der Waals surface area contributed by atoms with E-state index in [1.165, 1.54) is 0 Å². The van der Waals surface area contributed by atoms with Crippen molar-refractivity contribution in [3.8, 4) is 10.6 Å². The Labute approximate surface area is 87.3 Å². The van der Waals surface area contributed by atoms with Crippen molar-refractivity contribution in [2.45, 2.75) is 0 Å².